The van der Waals surface area contributed by atoms with E-state index in [1.165, 1.54) is 39.0 Å². The molecule has 3 aromatic carbocycles. The molecule has 172 valence electrons. The Morgan fingerprint density at radius 1 is 1.03 bits per heavy atom. The molecule has 2 atom stereocenters. The summed E-state index contributed by atoms with van der Waals surface area (Å²) in [5, 5.41) is 0. The van der Waals surface area contributed by atoms with E-state index in [0.29, 0.717) is 19.8 Å². The van der Waals surface area contributed by atoms with Crippen LogP contribution < -0.4 is 0 Å². The first kappa shape index (κ1) is 21.6. The number of fused-ring (bicyclic) bond motifs is 5. The van der Waals surface area contributed by atoms with Crippen LogP contribution in [0.15, 0.2) is 77.3 Å². The topological polar surface area (TPSA) is 38.8 Å². The van der Waals surface area contributed by atoms with Gasteiger partial charge in [-0.2, -0.15) is 0 Å². The molecule has 4 nitrogen and oxygen atoms in total. The second kappa shape index (κ2) is 8.71. The Labute approximate surface area is 208 Å². The highest BCUT2D eigenvalue weighted by Gasteiger charge is 2.40. The number of carbonyl (C=O) groups excluding carboxylic acids is 1. The third-order valence-electron chi connectivity index (χ3n) is 7.16. The fraction of sp³-hybridized carbons (Fsp3) is 0.276. The summed E-state index contributed by atoms with van der Waals surface area (Å²) in [7, 11) is 0. The van der Waals surface area contributed by atoms with Crippen molar-refractivity contribution in [3.05, 3.63) is 99.5 Å². The van der Waals surface area contributed by atoms with Gasteiger partial charge in [-0.3, -0.25) is 4.90 Å². The second-order valence-electron chi connectivity index (χ2n) is 9.38. The van der Waals surface area contributed by atoms with Crippen LogP contribution in [0.2, 0.25) is 0 Å². The molecule has 0 radical (unpaired) electrons. The molecular weight excluding hydrogens is 490 g/mol. The van der Waals surface area contributed by atoms with Gasteiger partial charge in [0.05, 0.1) is 25.3 Å². The fourth-order valence-corrected chi connectivity index (χ4v) is 6.29. The zero-order valence-corrected chi connectivity index (χ0v) is 20.6. The van der Waals surface area contributed by atoms with Crippen LogP contribution >= 0.6 is 15.9 Å². The Morgan fingerprint density at radius 3 is 2.41 bits per heavy atom. The van der Waals surface area contributed by atoms with Crippen molar-refractivity contribution in [3.8, 4) is 11.1 Å². The van der Waals surface area contributed by atoms with Crippen LogP contribution in [0.5, 0.6) is 0 Å². The summed E-state index contributed by atoms with van der Waals surface area (Å²) in [4.78, 5) is 15.2. The van der Waals surface area contributed by atoms with Crippen LogP contribution in [0.4, 0.5) is 4.79 Å². The van der Waals surface area contributed by atoms with Gasteiger partial charge in [-0.1, -0.05) is 76.6 Å². The number of nitrogens with zero attached hydrogens (tertiary/aromatic N) is 1. The SMILES string of the molecule is Cc1cc(Br)cc(C2=CC3COCC(C2)N3C(=O)OCC2c3ccccc3-c3ccccc32)c1. The Bertz CT molecular complexity index is 1230. The lowest BCUT2D eigenvalue weighted by Crippen LogP contribution is -2.56. The van der Waals surface area contributed by atoms with E-state index in [0.717, 1.165) is 10.9 Å². The maximum atomic E-state index is 13.4. The van der Waals surface area contributed by atoms with Crippen LogP contribution in [0.1, 0.15) is 34.6 Å². The van der Waals surface area contributed by atoms with Crippen LogP contribution in [0.25, 0.3) is 16.7 Å². The predicted octanol–water partition coefficient (Wildman–Crippen LogP) is 6.56. The quantitative estimate of drug-likeness (QED) is 0.396. The Hall–Kier alpha value is -2.89. The van der Waals surface area contributed by atoms with E-state index in [-0.39, 0.29) is 24.1 Å². The molecule has 0 N–H and O–H groups in total. The van der Waals surface area contributed by atoms with E-state index >= 15 is 0 Å². The monoisotopic (exact) mass is 515 g/mol. The van der Waals surface area contributed by atoms with Crippen LogP contribution in [-0.2, 0) is 9.47 Å². The van der Waals surface area contributed by atoms with Crippen LogP contribution in [0, 0.1) is 6.92 Å². The lowest BCUT2D eigenvalue weighted by Gasteiger charge is -2.44. The van der Waals surface area contributed by atoms with E-state index in [1.807, 2.05) is 4.90 Å². The minimum Gasteiger partial charge on any atom is -0.448 e. The molecule has 1 aliphatic carbocycles. The van der Waals surface area contributed by atoms with Crippen molar-refractivity contribution < 1.29 is 14.3 Å². The number of halogens is 1. The number of rotatable bonds is 3. The average molecular weight is 516 g/mol. The van der Waals surface area contributed by atoms with E-state index in [2.05, 4.69) is 95.7 Å². The summed E-state index contributed by atoms with van der Waals surface area (Å²) >= 11 is 3.62. The van der Waals surface area contributed by atoms with E-state index in [9.17, 15) is 4.79 Å². The van der Waals surface area contributed by atoms with Crippen LogP contribution in [-0.4, -0.2) is 42.9 Å². The molecule has 5 heteroatoms. The highest BCUT2D eigenvalue weighted by Crippen LogP contribution is 2.44. The molecule has 1 fully saturated rings. The Balaban J connectivity index is 1.22. The number of aryl methyl sites for hydroxylation is 1. The van der Waals surface area contributed by atoms with Gasteiger partial charge in [0.15, 0.2) is 0 Å². The van der Waals surface area contributed by atoms with Gasteiger partial charge in [0.1, 0.15) is 6.61 Å². The number of hydrogen-bond donors (Lipinski definition) is 0. The number of carbonyl (C=O) groups is 1. The van der Waals surface area contributed by atoms with Crippen molar-refractivity contribution in [1.82, 2.24) is 4.90 Å². The largest absolute Gasteiger partial charge is 0.448 e. The number of amides is 1. The highest BCUT2D eigenvalue weighted by atomic mass is 79.9. The Kier molecular flexibility index (Phi) is 5.54. The van der Waals surface area contributed by atoms with E-state index < -0.39 is 0 Å². The molecule has 3 aromatic rings. The third kappa shape index (κ3) is 3.77. The summed E-state index contributed by atoms with van der Waals surface area (Å²) < 4.78 is 12.9. The number of benzene rings is 3. The van der Waals surface area contributed by atoms with Crippen molar-refractivity contribution in [2.24, 2.45) is 0 Å². The molecule has 1 saturated heterocycles. The van der Waals surface area contributed by atoms with Gasteiger partial charge in [-0.25, -0.2) is 4.79 Å². The number of morpholine rings is 1. The fourth-order valence-electron chi connectivity index (χ4n) is 5.68. The van der Waals surface area contributed by atoms with Crippen molar-refractivity contribution in [3.63, 3.8) is 0 Å². The van der Waals surface area contributed by atoms with Crippen molar-refractivity contribution >= 4 is 27.6 Å². The first-order chi connectivity index (χ1) is 16.6. The van der Waals surface area contributed by atoms with Gasteiger partial charge in [-0.15, -0.1) is 0 Å². The Morgan fingerprint density at radius 2 is 1.74 bits per heavy atom. The molecule has 2 aliphatic heterocycles. The van der Waals surface area contributed by atoms with Gasteiger partial charge in [0.25, 0.3) is 0 Å². The second-order valence-corrected chi connectivity index (χ2v) is 10.3. The molecular formula is C29H26BrNO3. The standard InChI is InChI=1S/C29H26BrNO3/c1-18-10-19(12-21(30)11-18)20-13-22-15-33-16-23(14-20)31(22)29(32)34-17-28-26-8-4-2-6-24(26)25-7-3-5-9-27(25)28/h2-13,22-23,28H,14-17H2,1H3. The van der Waals surface area contributed by atoms with Crippen molar-refractivity contribution in [2.75, 3.05) is 19.8 Å². The summed E-state index contributed by atoms with van der Waals surface area (Å²) in [6.07, 6.45) is 2.69. The van der Waals surface area contributed by atoms with Crippen molar-refractivity contribution in [1.29, 1.82) is 0 Å². The highest BCUT2D eigenvalue weighted by molar-refractivity contribution is 9.10. The van der Waals surface area contributed by atoms with Crippen molar-refractivity contribution in [2.45, 2.75) is 31.3 Å². The molecule has 2 heterocycles. The first-order valence-corrected chi connectivity index (χ1v) is 12.6. The van der Waals surface area contributed by atoms with Gasteiger partial charge >= 0.3 is 6.09 Å². The van der Waals surface area contributed by atoms with Gasteiger partial charge in [0.2, 0.25) is 0 Å². The summed E-state index contributed by atoms with van der Waals surface area (Å²) in [5.74, 6) is 0.0629. The summed E-state index contributed by atoms with van der Waals surface area (Å²) in [6.45, 7) is 3.47. The van der Waals surface area contributed by atoms with Gasteiger partial charge in [0, 0.05) is 10.4 Å². The smallest absolute Gasteiger partial charge is 0.410 e. The molecule has 2 bridgehead atoms. The van der Waals surface area contributed by atoms with Gasteiger partial charge in [-0.05, 0) is 64.4 Å². The first-order valence-electron chi connectivity index (χ1n) is 11.8. The lowest BCUT2D eigenvalue weighted by molar-refractivity contribution is -0.0331. The van der Waals surface area contributed by atoms with E-state index in [1.54, 1.807) is 0 Å². The number of hydrogen-bond acceptors (Lipinski definition) is 3. The molecule has 0 saturated carbocycles. The molecule has 0 spiro atoms. The van der Waals surface area contributed by atoms with E-state index in [4.69, 9.17) is 9.47 Å². The molecule has 34 heavy (non-hydrogen) atoms. The van der Waals surface area contributed by atoms with Gasteiger partial charge < -0.3 is 9.47 Å². The molecule has 1 amide bonds. The normalized spacial score (nSPS) is 21.0. The summed E-state index contributed by atoms with van der Waals surface area (Å²) in [5.41, 5.74) is 8.61. The minimum absolute atomic E-state index is 0.0197. The van der Waals surface area contributed by atoms with Crippen LogP contribution in [0.3, 0.4) is 0 Å². The zero-order chi connectivity index (χ0) is 23.2. The molecule has 6 rings (SSSR count). The maximum Gasteiger partial charge on any atom is 0.410 e. The zero-order valence-electron chi connectivity index (χ0n) is 19.0. The lowest BCUT2D eigenvalue weighted by atomic mass is 9.89. The molecule has 3 aliphatic rings. The third-order valence-corrected chi connectivity index (χ3v) is 7.62. The predicted molar refractivity (Wildman–Crippen MR) is 137 cm³/mol. The summed E-state index contributed by atoms with van der Waals surface area (Å²) in [6, 6.07) is 23.2. The average Bonchev–Trinajstić information content (AvgIpc) is 3.15. The molecule has 0 aromatic heterocycles. The minimum atomic E-state index is -0.249. The number of ether oxygens (including phenoxy) is 2. The maximum absolute atomic E-state index is 13.4. The molecule has 2 unspecified atom stereocenters.